The summed E-state index contributed by atoms with van der Waals surface area (Å²) in [5.74, 6) is 0. The van der Waals surface area contributed by atoms with Gasteiger partial charge in [0, 0.05) is 21.2 Å². The van der Waals surface area contributed by atoms with Gasteiger partial charge in [-0.1, -0.05) is 10.2 Å². The average molecular weight is 268 g/mol. The van der Waals surface area contributed by atoms with Gasteiger partial charge in [-0.25, -0.2) is 0 Å². The fourth-order valence-electron chi connectivity index (χ4n) is 1.13. The highest BCUT2D eigenvalue weighted by Crippen LogP contribution is 2.24. The van der Waals surface area contributed by atoms with E-state index >= 15 is 0 Å². The maximum atomic E-state index is 10.8. The van der Waals surface area contributed by atoms with Crippen LogP contribution in [0.4, 0.5) is 11.4 Å². The summed E-state index contributed by atoms with van der Waals surface area (Å²) in [6.45, 7) is -0.235. The molecular weight excluding hydrogens is 260 g/mol. The normalized spacial score (nSPS) is 10.3. The van der Waals surface area contributed by atoms with Gasteiger partial charge in [0.25, 0.3) is 10.1 Å². The summed E-state index contributed by atoms with van der Waals surface area (Å²) in [5.41, 5.74) is 17.5. The van der Waals surface area contributed by atoms with Gasteiger partial charge in [-0.2, -0.15) is 8.42 Å². The lowest BCUT2D eigenvalue weighted by atomic mass is 10.2. The summed E-state index contributed by atoms with van der Waals surface area (Å²) in [7, 11) is -3.58. The number of nitrogens with zero attached hydrogens (tertiary/aromatic N) is 6. The van der Waals surface area contributed by atoms with E-state index in [1.54, 1.807) is 0 Å². The van der Waals surface area contributed by atoms with E-state index in [2.05, 4.69) is 24.2 Å². The number of benzene rings is 1. The zero-order valence-corrected chi connectivity index (χ0v) is 10.1. The van der Waals surface area contributed by atoms with Crippen molar-refractivity contribution < 1.29 is 12.6 Å². The summed E-state index contributed by atoms with van der Waals surface area (Å²) >= 11 is 0. The fraction of sp³-hybridized carbons (Fsp3) is 0.250. The molecule has 0 amide bonds. The quantitative estimate of drug-likeness (QED) is 0.350. The molecule has 0 spiro atoms. The molecule has 18 heavy (non-hydrogen) atoms. The maximum Gasteiger partial charge on any atom is 0.264 e. The smallest absolute Gasteiger partial charge is 0.264 e. The molecule has 0 N–H and O–H groups in total. The van der Waals surface area contributed by atoms with Crippen LogP contribution in [-0.2, 0) is 20.9 Å². The Kier molecular flexibility index (Phi) is 4.52. The third-order valence-electron chi connectivity index (χ3n) is 1.72. The lowest BCUT2D eigenvalue weighted by Crippen LogP contribution is -2.02. The molecule has 0 aliphatic heterocycles. The van der Waals surface area contributed by atoms with E-state index in [-0.39, 0.29) is 18.0 Å². The van der Waals surface area contributed by atoms with Crippen molar-refractivity contribution in [3.05, 3.63) is 44.6 Å². The minimum Gasteiger partial charge on any atom is -0.265 e. The summed E-state index contributed by atoms with van der Waals surface area (Å²) < 4.78 is 26.3. The van der Waals surface area contributed by atoms with Gasteiger partial charge in [0.05, 0.1) is 12.9 Å². The van der Waals surface area contributed by atoms with Crippen LogP contribution >= 0.6 is 0 Å². The van der Waals surface area contributed by atoms with Crippen molar-refractivity contribution in [3.8, 4) is 0 Å². The second-order valence-electron chi connectivity index (χ2n) is 3.20. The Balaban J connectivity index is 3.10. The van der Waals surface area contributed by atoms with Gasteiger partial charge >= 0.3 is 0 Å². The molecule has 0 radical (unpaired) electrons. The molecule has 1 rings (SSSR count). The van der Waals surface area contributed by atoms with Crippen LogP contribution in [0.2, 0.25) is 0 Å². The average Bonchev–Trinajstić information content (AvgIpc) is 2.26. The minimum absolute atomic E-state index is 0.203. The summed E-state index contributed by atoms with van der Waals surface area (Å²) in [6, 6.07) is 4.23. The van der Waals surface area contributed by atoms with Crippen LogP contribution < -0.4 is 0 Å². The van der Waals surface area contributed by atoms with Gasteiger partial charge in [-0.15, -0.1) is 0 Å². The van der Waals surface area contributed by atoms with E-state index in [0.29, 0.717) is 5.56 Å². The van der Waals surface area contributed by atoms with Crippen molar-refractivity contribution in [2.45, 2.75) is 6.61 Å². The summed E-state index contributed by atoms with van der Waals surface area (Å²) in [4.78, 5) is 5.18. The second-order valence-corrected chi connectivity index (χ2v) is 4.85. The predicted molar refractivity (Wildman–Crippen MR) is 63.7 cm³/mol. The lowest BCUT2D eigenvalue weighted by Gasteiger charge is -2.04. The van der Waals surface area contributed by atoms with Gasteiger partial charge in [0.15, 0.2) is 0 Å². The first-order chi connectivity index (χ1) is 8.44. The Labute approximate surface area is 102 Å². The highest BCUT2D eigenvalue weighted by molar-refractivity contribution is 7.85. The van der Waals surface area contributed by atoms with Gasteiger partial charge in [-0.05, 0) is 34.8 Å². The molecule has 0 aliphatic rings. The molecule has 0 bridgehead atoms. The number of hydrogen-bond acceptors (Lipinski definition) is 5. The van der Waals surface area contributed by atoms with Crippen LogP contribution in [-0.4, -0.2) is 14.7 Å². The number of rotatable bonds is 5. The van der Waals surface area contributed by atoms with Crippen molar-refractivity contribution in [1.82, 2.24) is 0 Å². The lowest BCUT2D eigenvalue weighted by molar-refractivity contribution is 0.312. The van der Waals surface area contributed by atoms with Crippen LogP contribution in [0.1, 0.15) is 5.56 Å². The molecule has 0 unspecified atom stereocenters. The third kappa shape index (κ3) is 4.73. The fourth-order valence-corrected chi connectivity index (χ4v) is 1.48. The van der Waals surface area contributed by atoms with Crippen molar-refractivity contribution in [1.29, 1.82) is 0 Å². The molecule has 1 aromatic carbocycles. The van der Waals surface area contributed by atoms with Gasteiger partial charge in [-0.3, -0.25) is 4.18 Å². The Morgan fingerprint density at radius 1 is 1.17 bits per heavy atom. The molecule has 0 saturated heterocycles. The zero-order valence-electron chi connectivity index (χ0n) is 9.26. The topological polar surface area (TPSA) is 141 Å². The molecule has 0 atom stereocenters. The molecule has 94 valence electrons. The Morgan fingerprint density at radius 2 is 1.67 bits per heavy atom. The largest absolute Gasteiger partial charge is 0.265 e. The van der Waals surface area contributed by atoms with E-state index in [9.17, 15) is 8.42 Å². The number of azide groups is 2. The molecule has 0 aromatic heterocycles. The molecule has 1 aromatic rings. The highest BCUT2D eigenvalue weighted by Gasteiger charge is 2.04. The van der Waals surface area contributed by atoms with Crippen molar-refractivity contribution in [2.75, 3.05) is 6.26 Å². The minimum atomic E-state index is -3.58. The van der Waals surface area contributed by atoms with Gasteiger partial charge in [0.1, 0.15) is 0 Å². The van der Waals surface area contributed by atoms with E-state index in [0.717, 1.165) is 6.26 Å². The van der Waals surface area contributed by atoms with E-state index in [1.807, 2.05) is 0 Å². The number of hydrogen-bond donors (Lipinski definition) is 0. The van der Waals surface area contributed by atoms with Gasteiger partial charge in [0.2, 0.25) is 0 Å². The molecular formula is C8H8N6O3S. The Bertz CT molecular complexity index is 607. The van der Waals surface area contributed by atoms with Crippen LogP contribution in [0.3, 0.4) is 0 Å². The molecule has 0 aliphatic carbocycles. The Morgan fingerprint density at radius 3 is 2.06 bits per heavy atom. The first-order valence-corrected chi connectivity index (χ1v) is 6.35. The standard InChI is InChI=1S/C8H8N6O3S/c1-18(15,16)17-5-6-2-7(11-13-9)4-8(3-6)12-14-10/h2-4H,5H2,1H3. The van der Waals surface area contributed by atoms with E-state index in [4.69, 9.17) is 11.1 Å². The first kappa shape index (κ1) is 13.8. The molecule has 9 nitrogen and oxygen atoms in total. The maximum absolute atomic E-state index is 10.8. The van der Waals surface area contributed by atoms with Crippen LogP contribution in [0.5, 0.6) is 0 Å². The van der Waals surface area contributed by atoms with E-state index < -0.39 is 10.1 Å². The summed E-state index contributed by atoms with van der Waals surface area (Å²) in [5, 5.41) is 6.69. The Hall–Kier alpha value is -2.25. The first-order valence-electron chi connectivity index (χ1n) is 4.53. The van der Waals surface area contributed by atoms with Crippen molar-refractivity contribution >= 4 is 21.5 Å². The third-order valence-corrected chi connectivity index (χ3v) is 2.27. The predicted octanol–water partition coefficient (Wildman–Crippen LogP) is 3.05. The molecule has 0 fully saturated rings. The zero-order chi connectivity index (χ0) is 13.6. The summed E-state index contributed by atoms with van der Waals surface area (Å²) in [6.07, 6.45) is 0.915. The highest BCUT2D eigenvalue weighted by atomic mass is 32.2. The SMILES string of the molecule is CS(=O)(=O)OCc1cc(N=[N+]=[N-])cc(N=[N+]=[N-])c1. The van der Waals surface area contributed by atoms with E-state index in [1.165, 1.54) is 18.2 Å². The van der Waals surface area contributed by atoms with Crippen LogP contribution in [0, 0.1) is 0 Å². The molecule has 0 saturated carbocycles. The van der Waals surface area contributed by atoms with Crippen LogP contribution in [0.15, 0.2) is 28.4 Å². The van der Waals surface area contributed by atoms with Gasteiger partial charge < -0.3 is 0 Å². The monoisotopic (exact) mass is 268 g/mol. The van der Waals surface area contributed by atoms with Crippen molar-refractivity contribution in [2.24, 2.45) is 10.2 Å². The van der Waals surface area contributed by atoms with Crippen molar-refractivity contribution in [3.63, 3.8) is 0 Å². The van der Waals surface area contributed by atoms with Crippen LogP contribution in [0.25, 0.3) is 20.9 Å². The second kappa shape index (κ2) is 5.89. The molecule has 0 heterocycles. The molecule has 10 heteroatoms.